The van der Waals surface area contributed by atoms with Crippen molar-refractivity contribution in [1.82, 2.24) is 15.0 Å². The minimum atomic E-state index is -0.586. The van der Waals surface area contributed by atoms with Crippen LogP contribution in [0.3, 0.4) is 0 Å². The van der Waals surface area contributed by atoms with Gasteiger partial charge in [0.2, 0.25) is 5.91 Å². The third-order valence-corrected chi connectivity index (χ3v) is 5.99. The van der Waals surface area contributed by atoms with Crippen molar-refractivity contribution in [3.63, 3.8) is 0 Å². The van der Waals surface area contributed by atoms with Crippen molar-refractivity contribution in [1.29, 1.82) is 0 Å². The lowest BCUT2D eigenvalue weighted by atomic mass is 9.90. The Morgan fingerprint density at radius 1 is 1.29 bits per heavy atom. The maximum atomic E-state index is 12.7. The van der Waals surface area contributed by atoms with E-state index in [1.54, 1.807) is 7.11 Å². The molecule has 2 fully saturated rings. The van der Waals surface area contributed by atoms with Crippen LogP contribution in [0.5, 0.6) is 0 Å². The van der Waals surface area contributed by atoms with E-state index in [0.29, 0.717) is 37.7 Å². The summed E-state index contributed by atoms with van der Waals surface area (Å²) in [5.41, 5.74) is 2.75. The lowest BCUT2D eigenvalue weighted by Gasteiger charge is -2.38. The van der Waals surface area contributed by atoms with Crippen LogP contribution < -0.4 is 5.32 Å². The molecule has 1 saturated heterocycles. The number of benzene rings is 1. The number of amides is 1. The van der Waals surface area contributed by atoms with E-state index >= 15 is 0 Å². The first-order valence-corrected chi connectivity index (χ1v) is 9.99. The number of aryl methyl sites for hydroxylation is 2. The van der Waals surface area contributed by atoms with E-state index in [1.165, 1.54) is 0 Å². The van der Waals surface area contributed by atoms with Gasteiger partial charge in [0.15, 0.2) is 5.82 Å². The average molecular weight is 384 g/mol. The normalized spacial score (nSPS) is 18.9. The van der Waals surface area contributed by atoms with Crippen LogP contribution in [0.1, 0.15) is 54.4 Å². The second-order valence-electron chi connectivity index (χ2n) is 7.93. The van der Waals surface area contributed by atoms with Crippen LogP contribution >= 0.6 is 0 Å². The number of carbonyl (C=O) groups is 1. The van der Waals surface area contributed by atoms with Crippen LogP contribution in [0.15, 0.2) is 22.7 Å². The molecule has 28 heavy (non-hydrogen) atoms. The molecule has 150 valence electrons. The predicted octanol–water partition coefficient (Wildman–Crippen LogP) is 3.14. The fourth-order valence-corrected chi connectivity index (χ4v) is 3.92. The molecule has 0 radical (unpaired) electrons. The molecule has 0 atom stereocenters. The lowest BCUT2D eigenvalue weighted by molar-refractivity contribution is -0.137. The smallest absolute Gasteiger partial charge is 0.259 e. The maximum Gasteiger partial charge on any atom is 0.259 e. The Hall–Kier alpha value is -2.41. The monoisotopic (exact) mass is 384 g/mol. The van der Waals surface area contributed by atoms with Crippen LogP contribution in [0.25, 0.3) is 0 Å². The highest BCUT2D eigenvalue weighted by molar-refractivity contribution is 5.81. The number of likely N-dealkylation sites (tertiary alicyclic amines) is 1. The van der Waals surface area contributed by atoms with Gasteiger partial charge in [0.1, 0.15) is 5.60 Å². The first-order valence-electron chi connectivity index (χ1n) is 9.99. The summed E-state index contributed by atoms with van der Waals surface area (Å²) >= 11 is 0. The van der Waals surface area contributed by atoms with Crippen molar-refractivity contribution in [3.8, 4) is 0 Å². The second-order valence-corrected chi connectivity index (χ2v) is 7.93. The molecule has 0 spiro atoms. The van der Waals surface area contributed by atoms with Crippen molar-refractivity contribution >= 4 is 11.6 Å². The Balaban J connectivity index is 1.36. The van der Waals surface area contributed by atoms with Crippen LogP contribution in [-0.2, 0) is 15.1 Å². The summed E-state index contributed by atoms with van der Waals surface area (Å²) in [7, 11) is 1.68. The zero-order valence-electron chi connectivity index (χ0n) is 16.8. The predicted molar refractivity (Wildman–Crippen MR) is 105 cm³/mol. The fraction of sp³-hybridized carbons (Fsp3) is 0.571. The van der Waals surface area contributed by atoms with Gasteiger partial charge in [-0.25, -0.2) is 0 Å². The third kappa shape index (κ3) is 3.63. The Bertz CT molecular complexity index is 831. The molecule has 1 aliphatic carbocycles. The highest BCUT2D eigenvalue weighted by atomic mass is 16.5. The number of anilines is 1. The summed E-state index contributed by atoms with van der Waals surface area (Å²) in [5.74, 6) is 1.89. The van der Waals surface area contributed by atoms with E-state index in [1.807, 2.05) is 36.9 Å². The number of hydrogen-bond acceptors (Lipinski definition) is 6. The Kier molecular flexibility index (Phi) is 5.10. The van der Waals surface area contributed by atoms with Crippen molar-refractivity contribution in [2.24, 2.45) is 0 Å². The Morgan fingerprint density at radius 3 is 2.57 bits per heavy atom. The minimum Gasteiger partial charge on any atom is -0.376 e. The zero-order chi connectivity index (χ0) is 19.7. The molecule has 1 aromatic carbocycles. The molecule has 0 unspecified atom stereocenters. The van der Waals surface area contributed by atoms with E-state index in [0.717, 1.165) is 35.5 Å². The largest absolute Gasteiger partial charge is 0.376 e. The minimum absolute atomic E-state index is 0.0940. The van der Waals surface area contributed by atoms with Crippen molar-refractivity contribution in [3.05, 3.63) is 41.0 Å². The topological polar surface area (TPSA) is 80.5 Å². The molecule has 2 heterocycles. The lowest BCUT2D eigenvalue weighted by Crippen LogP contribution is -2.47. The number of piperidine rings is 1. The molecule has 7 heteroatoms. The molecular weight excluding hydrogens is 356 g/mol. The summed E-state index contributed by atoms with van der Waals surface area (Å²) < 4.78 is 11.3. The zero-order valence-corrected chi connectivity index (χ0v) is 16.8. The van der Waals surface area contributed by atoms with Gasteiger partial charge in [-0.3, -0.25) is 4.79 Å². The number of para-hydroxylation sites is 1. The number of rotatable bonds is 6. The van der Waals surface area contributed by atoms with Gasteiger partial charge >= 0.3 is 0 Å². The van der Waals surface area contributed by atoms with Gasteiger partial charge in [-0.2, -0.15) is 4.98 Å². The fourth-order valence-electron chi connectivity index (χ4n) is 3.92. The van der Waals surface area contributed by atoms with Gasteiger partial charge in [0.05, 0.1) is 6.54 Å². The molecule has 7 nitrogen and oxygen atoms in total. The molecular formula is C21H28N4O3. The molecule has 1 aliphatic heterocycles. The standard InChI is InChI=1S/C21H28N4O3/c1-14-5-4-6-15(2)18(14)22-13-17(26)25-11-9-21(27-3,10-12-25)20-23-19(24-28-20)16-7-8-16/h4-6,16,22H,7-13H2,1-3H3. The van der Waals surface area contributed by atoms with Gasteiger partial charge in [-0.1, -0.05) is 23.4 Å². The van der Waals surface area contributed by atoms with E-state index in [4.69, 9.17) is 9.26 Å². The summed E-state index contributed by atoms with van der Waals surface area (Å²) in [6, 6.07) is 6.13. The van der Waals surface area contributed by atoms with Gasteiger partial charge in [0, 0.05) is 44.6 Å². The van der Waals surface area contributed by atoms with E-state index in [2.05, 4.69) is 15.5 Å². The molecule has 2 aliphatic rings. The maximum absolute atomic E-state index is 12.7. The van der Waals surface area contributed by atoms with Gasteiger partial charge in [0.25, 0.3) is 5.89 Å². The number of nitrogens with one attached hydrogen (secondary N) is 1. The van der Waals surface area contributed by atoms with Gasteiger partial charge in [-0.15, -0.1) is 0 Å². The number of carbonyl (C=O) groups excluding carboxylic acids is 1. The van der Waals surface area contributed by atoms with E-state index < -0.39 is 5.60 Å². The highest BCUT2D eigenvalue weighted by Gasteiger charge is 2.43. The SMILES string of the molecule is COC1(c2nc(C3CC3)no2)CCN(C(=O)CNc2c(C)cccc2C)CC1. The highest BCUT2D eigenvalue weighted by Crippen LogP contribution is 2.41. The summed E-state index contributed by atoms with van der Waals surface area (Å²) in [6.45, 7) is 5.62. The van der Waals surface area contributed by atoms with Crippen LogP contribution in [0.4, 0.5) is 5.69 Å². The van der Waals surface area contributed by atoms with Gasteiger partial charge < -0.3 is 19.5 Å². The Labute approximate surface area is 165 Å². The molecule has 1 saturated carbocycles. The molecule has 1 aromatic heterocycles. The second kappa shape index (κ2) is 7.54. The summed E-state index contributed by atoms with van der Waals surface area (Å²) in [6.07, 6.45) is 3.58. The quantitative estimate of drug-likeness (QED) is 0.824. The van der Waals surface area contributed by atoms with Crippen LogP contribution in [0.2, 0.25) is 0 Å². The number of hydrogen-bond donors (Lipinski definition) is 1. The molecule has 4 rings (SSSR count). The summed E-state index contributed by atoms with van der Waals surface area (Å²) in [4.78, 5) is 19.2. The number of aromatic nitrogens is 2. The molecule has 2 aromatic rings. The number of nitrogens with zero attached hydrogens (tertiary/aromatic N) is 3. The molecule has 0 bridgehead atoms. The van der Waals surface area contributed by atoms with Crippen molar-refractivity contribution in [2.45, 2.75) is 51.0 Å². The van der Waals surface area contributed by atoms with Crippen molar-refractivity contribution < 1.29 is 14.1 Å². The average Bonchev–Trinajstić information content (AvgIpc) is 3.44. The molecule has 1 N–H and O–H groups in total. The first kappa shape index (κ1) is 18.9. The van der Waals surface area contributed by atoms with Gasteiger partial charge in [-0.05, 0) is 37.8 Å². The van der Waals surface area contributed by atoms with E-state index in [-0.39, 0.29) is 12.5 Å². The first-order chi connectivity index (χ1) is 13.5. The Morgan fingerprint density at radius 2 is 1.96 bits per heavy atom. The third-order valence-electron chi connectivity index (χ3n) is 5.99. The van der Waals surface area contributed by atoms with Crippen molar-refractivity contribution in [2.75, 3.05) is 32.1 Å². The summed E-state index contributed by atoms with van der Waals surface area (Å²) in [5, 5.41) is 7.43. The van der Waals surface area contributed by atoms with E-state index in [9.17, 15) is 4.79 Å². The van der Waals surface area contributed by atoms with Crippen LogP contribution in [0, 0.1) is 13.8 Å². The molecule has 1 amide bonds. The van der Waals surface area contributed by atoms with Crippen LogP contribution in [-0.4, -0.2) is 47.7 Å². The number of methoxy groups -OCH3 is 1. The number of ether oxygens (including phenoxy) is 1.